The topological polar surface area (TPSA) is 18.5 Å². The smallest absolute Gasteiger partial charge is 0.355 e. The van der Waals surface area contributed by atoms with Crippen LogP contribution in [0.1, 0.15) is 39.0 Å². The summed E-state index contributed by atoms with van der Waals surface area (Å²) < 4.78 is 10.6. The largest absolute Gasteiger partial charge is 1.00 e. The summed E-state index contributed by atoms with van der Waals surface area (Å²) in [5.41, 5.74) is 0. The van der Waals surface area contributed by atoms with Crippen molar-refractivity contribution < 1.29 is 28.3 Å². The summed E-state index contributed by atoms with van der Waals surface area (Å²) in [6.45, 7) is 7.89. The van der Waals surface area contributed by atoms with Crippen molar-refractivity contribution in [3.63, 3.8) is 0 Å². The summed E-state index contributed by atoms with van der Waals surface area (Å²) >= 11 is 0. The van der Waals surface area contributed by atoms with Gasteiger partial charge in [0.2, 0.25) is 0 Å². The fourth-order valence-corrected chi connectivity index (χ4v) is 1.02. The van der Waals surface area contributed by atoms with Crippen molar-refractivity contribution in [3.05, 3.63) is 19.1 Å². The molecule has 15 heavy (non-hydrogen) atoms. The van der Waals surface area contributed by atoms with Gasteiger partial charge in [0.1, 0.15) is 6.79 Å². The molecule has 0 radical (unpaired) electrons. The van der Waals surface area contributed by atoms with Crippen molar-refractivity contribution in [1.29, 1.82) is 0 Å². The molecule has 0 aliphatic rings. The van der Waals surface area contributed by atoms with Crippen LogP contribution in [0.2, 0.25) is 0 Å². The summed E-state index contributed by atoms with van der Waals surface area (Å²) in [5, 5.41) is 0. The van der Waals surface area contributed by atoms with Gasteiger partial charge in [-0.25, -0.2) is 0 Å². The van der Waals surface area contributed by atoms with Gasteiger partial charge in [0.25, 0.3) is 0 Å². The van der Waals surface area contributed by atoms with Gasteiger partial charge in [-0.2, -0.15) is 6.42 Å². The zero-order chi connectivity index (χ0) is 10.5. The maximum atomic E-state index is 5.28. The molecule has 0 unspecified atom stereocenters. The maximum absolute atomic E-state index is 5.28. The molecule has 0 spiro atoms. The molecule has 0 aromatic heterocycles. The molecule has 0 aliphatic carbocycles. The van der Waals surface area contributed by atoms with Crippen molar-refractivity contribution in [3.8, 4) is 0 Å². The first-order valence-corrected chi connectivity index (χ1v) is 5.51. The van der Waals surface area contributed by atoms with E-state index in [4.69, 9.17) is 9.47 Å². The van der Waals surface area contributed by atoms with Gasteiger partial charge >= 0.3 is 18.9 Å². The van der Waals surface area contributed by atoms with E-state index < -0.39 is 0 Å². The fraction of sp³-hybridized carbons (Fsp3) is 0.750. The maximum Gasteiger partial charge on any atom is 1.00 e. The first kappa shape index (κ1) is 17.6. The van der Waals surface area contributed by atoms with Crippen LogP contribution in [0.4, 0.5) is 0 Å². The Balaban J connectivity index is 0. The van der Waals surface area contributed by atoms with Crippen LogP contribution in [-0.2, 0) is 9.47 Å². The van der Waals surface area contributed by atoms with Gasteiger partial charge in [-0.05, 0) is 12.8 Å². The third kappa shape index (κ3) is 16.9. The number of ether oxygens (including phenoxy) is 2. The molecule has 3 heteroatoms. The van der Waals surface area contributed by atoms with Crippen molar-refractivity contribution in [1.82, 2.24) is 0 Å². The molecule has 0 atom stereocenters. The quantitative estimate of drug-likeness (QED) is 0.169. The Bertz CT molecular complexity index is 127. The van der Waals surface area contributed by atoms with Gasteiger partial charge < -0.3 is 16.4 Å². The number of unbranched alkanes of at least 4 members (excludes halogenated alkanes) is 2. The fourth-order valence-electron chi connectivity index (χ4n) is 1.02. The van der Waals surface area contributed by atoms with Gasteiger partial charge in [-0.15, -0.1) is 6.08 Å². The second-order valence-electron chi connectivity index (χ2n) is 3.19. The van der Waals surface area contributed by atoms with E-state index in [1.165, 1.54) is 12.8 Å². The van der Waals surface area contributed by atoms with Crippen LogP contribution in [-0.4, -0.2) is 20.0 Å². The van der Waals surface area contributed by atoms with E-state index in [1.807, 2.05) is 6.08 Å². The average Bonchev–Trinajstić information content (AvgIpc) is 2.21. The Morgan fingerprint density at radius 3 is 2.47 bits per heavy atom. The molecule has 0 saturated heterocycles. The predicted molar refractivity (Wildman–Crippen MR) is 60.0 cm³/mol. The van der Waals surface area contributed by atoms with E-state index in [-0.39, 0.29) is 18.9 Å². The molecule has 0 N–H and O–H groups in total. The van der Waals surface area contributed by atoms with Crippen LogP contribution in [0.5, 0.6) is 0 Å². The van der Waals surface area contributed by atoms with Crippen molar-refractivity contribution >= 4 is 0 Å². The van der Waals surface area contributed by atoms with E-state index in [1.54, 1.807) is 0 Å². The summed E-state index contributed by atoms with van der Waals surface area (Å²) in [5.74, 6) is 0. The summed E-state index contributed by atoms with van der Waals surface area (Å²) in [7, 11) is 0. The van der Waals surface area contributed by atoms with Crippen molar-refractivity contribution in [2.75, 3.05) is 20.0 Å². The predicted octanol–water partition coefficient (Wildman–Crippen LogP) is 0.342. The summed E-state index contributed by atoms with van der Waals surface area (Å²) in [6.07, 6.45) is 9.56. The Morgan fingerprint density at radius 2 is 1.80 bits per heavy atom. The third-order valence-electron chi connectivity index (χ3n) is 1.82. The molecule has 0 aromatic carbocycles. The molecule has 0 aliphatic heterocycles. The van der Waals surface area contributed by atoms with Gasteiger partial charge in [0.05, 0.1) is 6.61 Å². The van der Waals surface area contributed by atoms with E-state index in [9.17, 15) is 0 Å². The molecule has 0 fully saturated rings. The first-order chi connectivity index (χ1) is 6.91. The van der Waals surface area contributed by atoms with E-state index in [0.29, 0.717) is 6.79 Å². The normalized spacial score (nSPS) is 10.5. The molecule has 2 nitrogen and oxygen atoms in total. The molecule has 0 heterocycles. The molecular weight excluding hydrogens is 183 g/mol. The van der Waals surface area contributed by atoms with E-state index in [0.717, 1.165) is 32.5 Å². The minimum absolute atomic E-state index is 0. The molecule has 0 aromatic rings. The Kier molecular flexibility index (Phi) is 19.6. The molecule has 84 valence electrons. The molecule has 0 amide bonds. The zero-order valence-corrected chi connectivity index (χ0v) is 10.3. The van der Waals surface area contributed by atoms with Gasteiger partial charge in [0.15, 0.2) is 0 Å². The second kappa shape index (κ2) is 16.7. The van der Waals surface area contributed by atoms with Gasteiger partial charge in [-0.3, -0.25) is 0 Å². The zero-order valence-electron chi connectivity index (χ0n) is 10.3. The molecule has 0 bridgehead atoms. The van der Waals surface area contributed by atoms with Crippen LogP contribution in [0, 0.1) is 6.92 Å². The van der Waals surface area contributed by atoms with Crippen LogP contribution in [0.3, 0.4) is 0 Å². The Labute approximate surface area is 107 Å². The van der Waals surface area contributed by atoms with E-state index in [2.05, 4.69) is 19.9 Å². The minimum Gasteiger partial charge on any atom is -0.355 e. The average molecular weight is 206 g/mol. The number of allylic oxidation sites excluding steroid dienone is 1. The Hall–Kier alpha value is 0.257. The monoisotopic (exact) mass is 206 g/mol. The molecular formula is C12H23LiO2. The van der Waals surface area contributed by atoms with Gasteiger partial charge in [0, 0.05) is 6.61 Å². The van der Waals surface area contributed by atoms with Crippen LogP contribution in [0.15, 0.2) is 12.2 Å². The SMILES string of the molecule is [CH2-]C/C=C/CCOCOCCCCC.[Li+]. The van der Waals surface area contributed by atoms with Crippen LogP contribution >= 0.6 is 0 Å². The molecule has 0 saturated carbocycles. The first-order valence-electron chi connectivity index (χ1n) is 5.51. The number of rotatable bonds is 10. The number of hydrogen-bond donors (Lipinski definition) is 0. The standard InChI is InChI=1S/C12H23O2.Li/c1-3-5-7-9-11-14-12-13-10-8-6-4-2;/h5,7H,1,3-4,6,8-12H2,2H3;/q-1;+1/b7-5+;. The Morgan fingerprint density at radius 1 is 1.07 bits per heavy atom. The van der Waals surface area contributed by atoms with E-state index >= 15 is 0 Å². The second-order valence-corrected chi connectivity index (χ2v) is 3.19. The van der Waals surface area contributed by atoms with Crippen molar-refractivity contribution in [2.24, 2.45) is 0 Å². The molecule has 0 rings (SSSR count). The van der Waals surface area contributed by atoms with Crippen LogP contribution in [0.25, 0.3) is 0 Å². The summed E-state index contributed by atoms with van der Waals surface area (Å²) in [6, 6.07) is 0. The van der Waals surface area contributed by atoms with Gasteiger partial charge in [-0.1, -0.05) is 25.8 Å². The third-order valence-corrected chi connectivity index (χ3v) is 1.82. The summed E-state index contributed by atoms with van der Waals surface area (Å²) in [4.78, 5) is 0. The minimum atomic E-state index is 0. The van der Waals surface area contributed by atoms with Crippen LogP contribution < -0.4 is 18.9 Å². The van der Waals surface area contributed by atoms with Crippen molar-refractivity contribution in [2.45, 2.75) is 39.0 Å². The number of hydrogen-bond acceptors (Lipinski definition) is 2.